The van der Waals surface area contributed by atoms with Gasteiger partial charge in [-0.15, -0.1) is 8.42 Å². The first-order valence-electron chi connectivity index (χ1n) is 21.6. The van der Waals surface area contributed by atoms with E-state index in [0.29, 0.717) is 32.1 Å². The van der Waals surface area contributed by atoms with Gasteiger partial charge in [0.05, 0.1) is 47.0 Å². The lowest BCUT2D eigenvalue weighted by molar-refractivity contribution is -0.512. The maximum absolute atomic E-state index is 11.9. The van der Waals surface area contributed by atoms with E-state index in [4.69, 9.17) is 44.8 Å². The molecular formula is C45H62ClI4N9O16S4. The number of nitrogens with zero attached hydrogens (tertiary/aromatic N) is 2. The summed E-state index contributed by atoms with van der Waals surface area (Å²) in [5.74, 6) is 0.775. The fourth-order valence-corrected chi connectivity index (χ4v) is 10.5. The number of halogens is 5. The number of esters is 1. The normalized spacial score (nSPS) is 11.2. The van der Waals surface area contributed by atoms with E-state index in [9.17, 15) is 43.3 Å². The lowest BCUT2D eigenvalue weighted by Gasteiger charge is -2.19. The van der Waals surface area contributed by atoms with Crippen LogP contribution in [0.2, 0.25) is 0 Å². The lowest BCUT2D eigenvalue weighted by atomic mass is 10.2. The summed E-state index contributed by atoms with van der Waals surface area (Å²) in [6.45, 7) is 9.99. The topological polar surface area (TPSA) is 370 Å². The summed E-state index contributed by atoms with van der Waals surface area (Å²) in [6.07, 6.45) is 1.69. The van der Waals surface area contributed by atoms with Crippen molar-refractivity contribution in [1.82, 2.24) is 4.72 Å². The average molecular weight is 1660 g/mol. The van der Waals surface area contributed by atoms with E-state index >= 15 is 0 Å². The number of aromatic nitrogens is 1. The number of nitrogens with two attached hydrogens (primary N) is 3. The number of carbonyl (C=O) groups excluding carboxylic acids is 2. The number of methoxy groups -OCH3 is 3. The van der Waals surface area contributed by atoms with E-state index < -0.39 is 69.7 Å². The molecule has 0 aliphatic heterocycles. The summed E-state index contributed by atoms with van der Waals surface area (Å²) in [6, 6.07) is 22.8. The number of phenolic OH excluding ortho intramolecular Hbond substituents is 1. The zero-order valence-electron chi connectivity index (χ0n) is 44.2. The Morgan fingerprint density at radius 3 is 1.33 bits per heavy atom. The minimum atomic E-state index is -4.00. The van der Waals surface area contributed by atoms with E-state index in [-0.39, 0.29) is 18.2 Å². The van der Waals surface area contributed by atoms with Crippen LogP contribution in [0.25, 0.3) is 0 Å². The number of hydrogen-bond acceptors (Lipinski definition) is 18. The first-order chi connectivity index (χ1) is 35.6. The first kappa shape index (κ1) is 74.9. The number of aromatic hydroxyl groups is 1. The van der Waals surface area contributed by atoms with Gasteiger partial charge in [-0.1, -0.05) is 3.97 Å². The van der Waals surface area contributed by atoms with Crippen LogP contribution in [0.15, 0.2) is 97.3 Å². The number of carbonyl (C=O) groups is 2. The Bertz CT molecular complexity index is 3290. The number of nitrogen functional groups attached to an aromatic ring is 1. The zero-order valence-corrected chi connectivity index (χ0v) is 56.8. The maximum atomic E-state index is 11.9. The molecule has 0 unspecified atom stereocenters. The number of hydrogen-bond donors (Lipinski definition) is 8. The summed E-state index contributed by atoms with van der Waals surface area (Å²) in [4.78, 5) is 24.9. The van der Waals surface area contributed by atoms with Gasteiger partial charge in [0.25, 0.3) is 20.4 Å². The number of phenols is 1. The number of pyridine rings is 1. The Balaban J connectivity index is 0.000000982. The van der Waals surface area contributed by atoms with Crippen LogP contribution < -0.4 is 70.4 Å². The second-order valence-electron chi connectivity index (χ2n) is 17.4. The third-order valence-electron chi connectivity index (χ3n) is 8.14. The highest BCUT2D eigenvalue weighted by molar-refractivity contribution is 14.1. The fourth-order valence-electron chi connectivity index (χ4n) is 5.10. The van der Waals surface area contributed by atoms with Crippen molar-refractivity contribution in [3.05, 3.63) is 112 Å². The van der Waals surface area contributed by atoms with Crippen molar-refractivity contribution < 1.29 is 88.4 Å². The molecule has 5 rings (SSSR count). The molecule has 1 heterocycles. The maximum Gasteiger partial charge on any atom is 0.474 e. The predicted octanol–water partition coefficient (Wildman–Crippen LogP) is 3.45. The van der Waals surface area contributed by atoms with Crippen molar-refractivity contribution in [2.45, 2.75) is 52.7 Å². The second kappa shape index (κ2) is 33.1. The van der Waals surface area contributed by atoms with Gasteiger partial charge >= 0.3 is 22.3 Å². The summed E-state index contributed by atoms with van der Waals surface area (Å²) in [5, 5.41) is 18.7. The van der Waals surface area contributed by atoms with E-state index in [2.05, 4.69) is 36.8 Å². The van der Waals surface area contributed by atoms with Crippen molar-refractivity contribution in [3.8, 4) is 23.0 Å². The third-order valence-corrected chi connectivity index (χ3v) is 15.0. The number of sulfonamides is 1. The largest absolute Gasteiger partial charge is 1.00 e. The van der Waals surface area contributed by atoms with Gasteiger partial charge in [0.1, 0.15) is 34.2 Å². The van der Waals surface area contributed by atoms with Gasteiger partial charge in [0.2, 0.25) is 10.0 Å². The van der Waals surface area contributed by atoms with Crippen molar-refractivity contribution in [1.29, 1.82) is 0 Å². The standard InChI is InChI=1S/C13H18INO5S.C12H19N3O4S.C7H9IN2O3S.C7H8INO.C6H7IN2O3S.ClH/c1-13(2,3)20-12(16)8-21(17,18)15-9-5-6-11(19-4)10(14)7-9;1-12(2,3)19-11(16)13-20(17,18)15-8-6-10(7-9-15)14(4)5;1-13-7-3-2-5(4-6(7)8)10-14(9,11)12;1-10-7-3-2-5(9)4-6(7)8;7-5-3-4(1-2-6(5)10)9-13(8,11)12;/h5-7,15H,8H2,1-4H3;6-9H,1-5H3;2-4,10H,1H3,(H2,9,11,12);2-4H,9H2,1H3;1-3,9-10H,(H2,8,11,12);1H. The highest BCUT2D eigenvalue weighted by atomic mass is 127. The highest BCUT2D eigenvalue weighted by Gasteiger charge is 2.28. The molecular weight excluding hydrogens is 1590 g/mol. The Kier molecular flexibility index (Phi) is 31.4. The molecule has 79 heavy (non-hydrogen) atoms. The molecule has 0 saturated carbocycles. The Morgan fingerprint density at radius 1 is 0.595 bits per heavy atom. The molecule has 442 valence electrons. The van der Waals surface area contributed by atoms with E-state index in [0.717, 1.165) is 31.8 Å². The Morgan fingerprint density at radius 2 is 0.975 bits per heavy atom. The van der Waals surface area contributed by atoms with Gasteiger partial charge in [0, 0.05) is 43.3 Å². The molecule has 34 heteroatoms. The number of ether oxygens (including phenoxy) is 5. The van der Waals surface area contributed by atoms with Crippen molar-refractivity contribution in [2.24, 2.45) is 10.3 Å². The SMILES string of the molecule is CN(C)c1cc[n+](S(=O)(=O)NC(=O)OC(C)(C)C)cc1.COc1ccc(N)cc1I.COc1ccc(NS(=O)(=O)CC(=O)OC(C)(C)C)cc1I.COc1ccc(NS(N)(=O)=O)cc1I.NS(=O)(=O)Nc1ccc(O)c(I)c1.[Cl-]. The summed E-state index contributed by atoms with van der Waals surface area (Å²) in [7, 11) is -6.86. The average Bonchev–Trinajstić information content (AvgIpc) is 3.26. The lowest BCUT2D eigenvalue weighted by Crippen LogP contribution is -3.00. The zero-order chi connectivity index (χ0) is 60.2. The molecule has 1 amide bonds. The molecule has 0 bridgehead atoms. The minimum absolute atomic E-state index is 0. The van der Waals surface area contributed by atoms with Gasteiger partial charge in [-0.3, -0.25) is 19.0 Å². The van der Waals surface area contributed by atoms with E-state index in [1.54, 1.807) is 104 Å². The summed E-state index contributed by atoms with van der Waals surface area (Å²) < 4.78 is 128. The Hall–Kier alpha value is -4.10. The smallest absolute Gasteiger partial charge is 0.474 e. The van der Waals surface area contributed by atoms with Crippen LogP contribution in [0.3, 0.4) is 0 Å². The number of nitrogens with one attached hydrogen (secondary N) is 4. The quantitative estimate of drug-likeness (QED) is 0.0259. The van der Waals surface area contributed by atoms with Gasteiger partial charge < -0.3 is 51.8 Å². The van der Waals surface area contributed by atoms with Crippen LogP contribution in [0, 0.1) is 14.3 Å². The van der Waals surface area contributed by atoms with Crippen molar-refractivity contribution >= 4 is 172 Å². The number of amides is 1. The Labute approximate surface area is 522 Å². The monoisotopic (exact) mass is 1650 g/mol. The van der Waals surface area contributed by atoms with Crippen LogP contribution in [0.4, 0.5) is 33.2 Å². The molecule has 0 saturated heterocycles. The highest BCUT2D eigenvalue weighted by Crippen LogP contribution is 2.27. The first-order valence-corrected chi connectivity index (χ1v) is 32.1. The fraction of sp³-hybridized carbons (Fsp3) is 0.311. The molecule has 25 nitrogen and oxygen atoms in total. The third kappa shape index (κ3) is 32.2. The number of anilines is 5. The van der Waals surface area contributed by atoms with Gasteiger partial charge in [-0.2, -0.15) is 21.6 Å². The van der Waals surface area contributed by atoms with E-state index in [1.807, 2.05) is 110 Å². The molecule has 11 N–H and O–H groups in total. The molecule has 0 aliphatic rings. The number of rotatable bonds is 14. The number of benzene rings is 4. The molecule has 0 radical (unpaired) electrons. The molecule has 1 aromatic heterocycles. The molecule has 0 spiro atoms. The van der Waals surface area contributed by atoms with Crippen LogP contribution in [-0.2, 0) is 54.9 Å². The molecule has 5 aromatic rings. The van der Waals surface area contributed by atoms with Gasteiger partial charge in [0.15, 0.2) is 18.1 Å². The van der Waals surface area contributed by atoms with Crippen LogP contribution in [0.1, 0.15) is 41.5 Å². The predicted molar refractivity (Wildman–Crippen MR) is 334 cm³/mol. The van der Waals surface area contributed by atoms with Crippen LogP contribution in [0.5, 0.6) is 23.0 Å². The van der Waals surface area contributed by atoms with Gasteiger partial charge in [-0.05, 0) is 205 Å². The molecule has 4 aromatic carbocycles. The minimum Gasteiger partial charge on any atom is -1.00 e. The molecule has 0 fully saturated rings. The van der Waals surface area contributed by atoms with Crippen molar-refractivity contribution in [2.75, 3.05) is 66.0 Å². The second-order valence-corrected chi connectivity index (χ2v) is 27.9. The van der Waals surface area contributed by atoms with Gasteiger partial charge in [-0.25, -0.2) is 23.5 Å². The van der Waals surface area contributed by atoms with Crippen LogP contribution in [-0.4, -0.2) is 103 Å². The molecule has 0 aliphatic carbocycles. The molecule has 0 atom stereocenters. The van der Waals surface area contributed by atoms with Crippen LogP contribution >= 0.6 is 90.4 Å². The van der Waals surface area contributed by atoms with Crippen molar-refractivity contribution in [3.63, 3.8) is 0 Å². The van der Waals surface area contributed by atoms with E-state index in [1.165, 1.54) is 37.7 Å². The summed E-state index contributed by atoms with van der Waals surface area (Å²) >= 11 is 8.12. The summed E-state index contributed by atoms with van der Waals surface area (Å²) in [5.41, 5.74) is 6.75.